The smallest absolute Gasteiger partial charge is 0.234 e. The lowest BCUT2D eigenvalue weighted by molar-refractivity contribution is 0.0417. The standard InChI is InChI=1S/C18H23N3O2S/c1-2-5-14(6-3-1)23-18-12-19-11-17(20-18)21-8-9-22-15(13-21)16-7-4-10-24-16/h4,7,10-12,14-15H,1-3,5-6,8-9,13H2. The van der Waals surface area contributed by atoms with Crippen molar-refractivity contribution in [2.45, 2.75) is 44.3 Å². The molecule has 1 saturated heterocycles. The highest BCUT2D eigenvalue weighted by Gasteiger charge is 2.24. The van der Waals surface area contributed by atoms with Crippen LogP contribution in [0, 0.1) is 0 Å². The number of ether oxygens (including phenoxy) is 2. The molecule has 0 aromatic carbocycles. The van der Waals surface area contributed by atoms with Crippen molar-refractivity contribution in [1.29, 1.82) is 0 Å². The second-order valence-corrected chi connectivity index (χ2v) is 7.39. The summed E-state index contributed by atoms with van der Waals surface area (Å²) in [6, 6.07) is 4.20. The van der Waals surface area contributed by atoms with E-state index in [0.29, 0.717) is 18.6 Å². The number of thiophene rings is 1. The Morgan fingerprint density at radius 2 is 2.12 bits per heavy atom. The summed E-state index contributed by atoms with van der Waals surface area (Å²) >= 11 is 1.74. The van der Waals surface area contributed by atoms with Crippen LogP contribution in [0.25, 0.3) is 0 Å². The minimum Gasteiger partial charge on any atom is -0.473 e. The fourth-order valence-corrected chi connectivity index (χ4v) is 4.17. The third-order valence-corrected chi connectivity index (χ3v) is 5.65. The molecule has 1 saturated carbocycles. The molecule has 1 atom stereocenters. The van der Waals surface area contributed by atoms with Crippen molar-refractivity contribution in [3.8, 4) is 5.88 Å². The molecule has 4 rings (SSSR count). The van der Waals surface area contributed by atoms with Crippen LogP contribution in [0.3, 0.4) is 0 Å². The molecule has 128 valence electrons. The van der Waals surface area contributed by atoms with Crippen LogP contribution in [0.1, 0.15) is 43.1 Å². The van der Waals surface area contributed by atoms with E-state index < -0.39 is 0 Å². The van der Waals surface area contributed by atoms with Crippen LogP contribution in [0.4, 0.5) is 5.82 Å². The summed E-state index contributed by atoms with van der Waals surface area (Å²) in [5, 5.41) is 2.09. The van der Waals surface area contributed by atoms with Gasteiger partial charge >= 0.3 is 0 Å². The molecule has 1 unspecified atom stereocenters. The van der Waals surface area contributed by atoms with Crippen LogP contribution >= 0.6 is 11.3 Å². The zero-order chi connectivity index (χ0) is 16.2. The molecule has 3 heterocycles. The van der Waals surface area contributed by atoms with Crippen molar-refractivity contribution in [3.63, 3.8) is 0 Å². The molecule has 6 heteroatoms. The first-order chi connectivity index (χ1) is 11.9. The molecule has 0 N–H and O–H groups in total. The minimum atomic E-state index is 0.114. The quantitative estimate of drug-likeness (QED) is 0.843. The maximum atomic E-state index is 6.06. The van der Waals surface area contributed by atoms with E-state index in [1.165, 1.54) is 24.1 Å². The molecule has 0 amide bonds. The second-order valence-electron chi connectivity index (χ2n) is 6.41. The Bertz CT molecular complexity index is 643. The van der Waals surface area contributed by atoms with Gasteiger partial charge in [0.1, 0.15) is 12.2 Å². The van der Waals surface area contributed by atoms with E-state index in [9.17, 15) is 0 Å². The summed E-state index contributed by atoms with van der Waals surface area (Å²) in [6.45, 7) is 2.35. The third-order valence-electron chi connectivity index (χ3n) is 4.69. The van der Waals surface area contributed by atoms with E-state index in [0.717, 1.165) is 31.7 Å². The molecule has 1 aliphatic heterocycles. The van der Waals surface area contributed by atoms with Crippen LogP contribution < -0.4 is 9.64 Å². The van der Waals surface area contributed by atoms with Crippen LogP contribution in [-0.2, 0) is 4.74 Å². The van der Waals surface area contributed by atoms with Gasteiger partial charge in [0.2, 0.25) is 5.88 Å². The van der Waals surface area contributed by atoms with E-state index in [-0.39, 0.29) is 6.10 Å². The molecule has 24 heavy (non-hydrogen) atoms. The summed E-state index contributed by atoms with van der Waals surface area (Å²) in [7, 11) is 0. The first-order valence-corrected chi connectivity index (χ1v) is 9.65. The first kappa shape index (κ1) is 15.8. The molecule has 5 nitrogen and oxygen atoms in total. The Morgan fingerprint density at radius 3 is 2.96 bits per heavy atom. The van der Waals surface area contributed by atoms with Gasteiger partial charge in [-0.3, -0.25) is 4.98 Å². The van der Waals surface area contributed by atoms with E-state index in [1.807, 2.05) is 6.20 Å². The molecular weight excluding hydrogens is 322 g/mol. The monoisotopic (exact) mass is 345 g/mol. The molecule has 2 aliphatic rings. The Kier molecular flexibility index (Phi) is 4.94. The average molecular weight is 345 g/mol. The predicted octanol–water partition coefficient (Wildman–Crippen LogP) is 3.83. The highest BCUT2D eigenvalue weighted by molar-refractivity contribution is 7.10. The SMILES string of the molecule is c1csc(C2CN(c3cncc(OC4CCCCC4)n3)CCO2)c1. The minimum absolute atomic E-state index is 0.114. The number of morpholine rings is 1. The predicted molar refractivity (Wildman–Crippen MR) is 94.8 cm³/mol. The average Bonchev–Trinajstić information content (AvgIpc) is 3.18. The fraction of sp³-hybridized carbons (Fsp3) is 0.556. The van der Waals surface area contributed by atoms with Crippen molar-refractivity contribution in [2.75, 3.05) is 24.6 Å². The van der Waals surface area contributed by atoms with Crippen molar-refractivity contribution in [2.24, 2.45) is 0 Å². The summed E-state index contributed by atoms with van der Waals surface area (Å²) < 4.78 is 12.0. The highest BCUT2D eigenvalue weighted by Crippen LogP contribution is 2.29. The van der Waals surface area contributed by atoms with Gasteiger partial charge < -0.3 is 14.4 Å². The first-order valence-electron chi connectivity index (χ1n) is 8.77. The number of nitrogens with zero attached hydrogens (tertiary/aromatic N) is 3. The van der Waals surface area contributed by atoms with Crippen LogP contribution in [-0.4, -0.2) is 35.8 Å². The van der Waals surface area contributed by atoms with Gasteiger partial charge in [-0.25, -0.2) is 0 Å². The van der Waals surface area contributed by atoms with Crippen molar-refractivity contribution in [3.05, 3.63) is 34.8 Å². The number of anilines is 1. The van der Waals surface area contributed by atoms with Crippen molar-refractivity contribution in [1.82, 2.24) is 9.97 Å². The Hall–Kier alpha value is -1.66. The van der Waals surface area contributed by atoms with E-state index in [2.05, 4.69) is 27.4 Å². The maximum Gasteiger partial charge on any atom is 0.234 e. The highest BCUT2D eigenvalue weighted by atomic mass is 32.1. The second kappa shape index (κ2) is 7.49. The summed E-state index contributed by atoms with van der Waals surface area (Å²) in [6.07, 6.45) is 10.1. The molecule has 0 spiro atoms. The van der Waals surface area contributed by atoms with Gasteiger partial charge in [-0.15, -0.1) is 11.3 Å². The third kappa shape index (κ3) is 3.70. The van der Waals surface area contributed by atoms with Crippen molar-refractivity contribution < 1.29 is 9.47 Å². The number of hydrogen-bond acceptors (Lipinski definition) is 6. The Labute approximate surface area is 146 Å². The molecule has 0 radical (unpaired) electrons. The zero-order valence-electron chi connectivity index (χ0n) is 13.8. The molecule has 1 aliphatic carbocycles. The van der Waals surface area contributed by atoms with Crippen LogP contribution in [0.2, 0.25) is 0 Å². The number of aromatic nitrogens is 2. The molecular formula is C18H23N3O2S. The summed E-state index contributed by atoms with van der Waals surface area (Å²) in [5.41, 5.74) is 0. The van der Waals surface area contributed by atoms with Crippen LogP contribution in [0.5, 0.6) is 5.88 Å². The molecule has 2 aromatic rings. The normalized spacial score (nSPS) is 22.5. The Morgan fingerprint density at radius 1 is 1.21 bits per heavy atom. The summed E-state index contributed by atoms with van der Waals surface area (Å²) in [5.74, 6) is 1.53. The van der Waals surface area contributed by atoms with Gasteiger partial charge in [-0.05, 0) is 37.1 Å². The van der Waals surface area contributed by atoms with Gasteiger partial charge in [-0.2, -0.15) is 4.98 Å². The van der Waals surface area contributed by atoms with Gasteiger partial charge in [0, 0.05) is 11.4 Å². The largest absolute Gasteiger partial charge is 0.473 e. The number of rotatable bonds is 4. The van der Waals surface area contributed by atoms with Crippen LogP contribution in [0.15, 0.2) is 29.9 Å². The van der Waals surface area contributed by atoms with E-state index in [4.69, 9.17) is 14.5 Å². The topological polar surface area (TPSA) is 47.5 Å². The molecule has 2 fully saturated rings. The zero-order valence-corrected chi connectivity index (χ0v) is 14.6. The van der Waals surface area contributed by atoms with Crippen molar-refractivity contribution >= 4 is 17.2 Å². The Balaban J connectivity index is 1.44. The molecule has 2 aromatic heterocycles. The van der Waals surface area contributed by atoms with E-state index in [1.54, 1.807) is 17.5 Å². The lowest BCUT2D eigenvalue weighted by Gasteiger charge is -2.33. The summed E-state index contributed by atoms with van der Waals surface area (Å²) in [4.78, 5) is 12.6. The van der Waals surface area contributed by atoms with Gasteiger partial charge in [0.05, 0.1) is 25.5 Å². The number of hydrogen-bond donors (Lipinski definition) is 0. The molecule has 0 bridgehead atoms. The lowest BCUT2D eigenvalue weighted by Crippen LogP contribution is -2.38. The van der Waals surface area contributed by atoms with Gasteiger partial charge in [-0.1, -0.05) is 12.5 Å². The fourth-order valence-electron chi connectivity index (χ4n) is 3.41. The lowest BCUT2D eigenvalue weighted by atomic mass is 9.98. The van der Waals surface area contributed by atoms with E-state index >= 15 is 0 Å². The van der Waals surface area contributed by atoms with Gasteiger partial charge in [0.25, 0.3) is 0 Å². The maximum absolute atomic E-state index is 6.06. The van der Waals surface area contributed by atoms with Gasteiger partial charge in [0.15, 0.2) is 5.82 Å².